The van der Waals surface area contributed by atoms with Gasteiger partial charge in [-0.05, 0) is 61.4 Å². The van der Waals surface area contributed by atoms with Crippen molar-refractivity contribution in [2.45, 2.75) is 30.9 Å². The third-order valence-electron chi connectivity index (χ3n) is 5.25. The summed E-state index contributed by atoms with van der Waals surface area (Å²) in [6, 6.07) is 6.74. The maximum atomic E-state index is 12.7. The van der Waals surface area contributed by atoms with Gasteiger partial charge in [0.15, 0.2) is 0 Å². The second-order valence-electron chi connectivity index (χ2n) is 7.06. The summed E-state index contributed by atoms with van der Waals surface area (Å²) in [5.41, 5.74) is 2.63. The largest absolute Gasteiger partial charge is 0.465 e. The maximum absolute atomic E-state index is 12.7. The molecule has 0 aliphatic carbocycles. The van der Waals surface area contributed by atoms with Gasteiger partial charge in [-0.25, -0.2) is 13.2 Å². The summed E-state index contributed by atoms with van der Waals surface area (Å²) in [7, 11) is -2.17. The summed E-state index contributed by atoms with van der Waals surface area (Å²) in [5, 5.41) is 4.60. The number of esters is 1. The van der Waals surface area contributed by atoms with Crippen LogP contribution in [0.15, 0.2) is 33.9 Å². The first kappa shape index (κ1) is 21.5. The van der Waals surface area contributed by atoms with Gasteiger partial charge in [-0.2, -0.15) is 4.31 Å². The van der Waals surface area contributed by atoms with Gasteiger partial charge in [-0.1, -0.05) is 6.07 Å². The first-order valence-electron chi connectivity index (χ1n) is 9.28. The predicted molar refractivity (Wildman–Crippen MR) is 112 cm³/mol. The van der Waals surface area contributed by atoms with E-state index >= 15 is 0 Å². The van der Waals surface area contributed by atoms with Gasteiger partial charge in [-0.3, -0.25) is 4.79 Å². The summed E-state index contributed by atoms with van der Waals surface area (Å²) in [5.74, 6) is -0.904. The molecule has 1 fully saturated rings. The Kier molecular flexibility index (Phi) is 6.40. The van der Waals surface area contributed by atoms with E-state index in [0.29, 0.717) is 41.4 Å². The molecule has 1 aliphatic heterocycles. The molecule has 1 aliphatic rings. The Hall–Kier alpha value is -2.23. The quantitative estimate of drug-likeness (QED) is 0.727. The Morgan fingerprint density at radius 1 is 1.21 bits per heavy atom. The summed E-state index contributed by atoms with van der Waals surface area (Å²) in [4.78, 5) is 24.7. The molecule has 0 unspecified atom stereocenters. The minimum Gasteiger partial charge on any atom is -0.465 e. The molecule has 2 heterocycles. The molecule has 1 saturated heterocycles. The van der Waals surface area contributed by atoms with Crippen LogP contribution in [-0.2, 0) is 19.6 Å². The standard InChI is InChI=1S/C20H24N2O5S2/c1-13-11-16(12-17(14(13)2)20(24)27-3)21-19(23)15-6-8-22(9-7-15)29(25,26)18-5-4-10-28-18/h4-5,10-12,15H,6-9H2,1-3H3,(H,21,23). The number of carbonyl (C=O) groups is 2. The number of anilines is 1. The zero-order valence-electron chi connectivity index (χ0n) is 16.6. The van der Waals surface area contributed by atoms with Crippen LogP contribution in [0.5, 0.6) is 0 Å². The van der Waals surface area contributed by atoms with E-state index in [2.05, 4.69) is 5.32 Å². The average Bonchev–Trinajstić information content (AvgIpc) is 3.26. The van der Waals surface area contributed by atoms with Crippen LogP contribution in [0.25, 0.3) is 0 Å². The Labute approximate surface area is 174 Å². The highest BCUT2D eigenvalue weighted by molar-refractivity contribution is 7.91. The molecule has 1 aromatic heterocycles. The van der Waals surface area contributed by atoms with Crippen LogP contribution in [0.2, 0.25) is 0 Å². The fraction of sp³-hybridized carbons (Fsp3) is 0.400. The Morgan fingerprint density at radius 3 is 2.48 bits per heavy atom. The van der Waals surface area contributed by atoms with Crippen molar-refractivity contribution in [3.05, 3.63) is 46.3 Å². The highest BCUT2D eigenvalue weighted by Gasteiger charge is 2.32. The molecule has 0 spiro atoms. The van der Waals surface area contributed by atoms with Crippen molar-refractivity contribution in [2.75, 3.05) is 25.5 Å². The number of hydrogen-bond acceptors (Lipinski definition) is 6. The van der Waals surface area contributed by atoms with E-state index in [9.17, 15) is 18.0 Å². The molecule has 7 nitrogen and oxygen atoms in total. The summed E-state index contributed by atoms with van der Waals surface area (Å²) in [6.45, 7) is 4.31. The number of methoxy groups -OCH3 is 1. The lowest BCUT2D eigenvalue weighted by atomic mass is 9.96. The number of nitrogens with one attached hydrogen (secondary N) is 1. The second kappa shape index (κ2) is 8.64. The number of aryl methyl sites for hydroxylation is 1. The molecule has 1 aromatic carbocycles. The van der Waals surface area contributed by atoms with Gasteiger partial charge >= 0.3 is 5.97 Å². The SMILES string of the molecule is COC(=O)c1cc(NC(=O)C2CCN(S(=O)(=O)c3cccs3)CC2)cc(C)c1C. The lowest BCUT2D eigenvalue weighted by molar-refractivity contribution is -0.120. The van der Waals surface area contributed by atoms with Crippen LogP contribution < -0.4 is 5.32 Å². The highest BCUT2D eigenvalue weighted by Crippen LogP contribution is 2.28. The number of piperidine rings is 1. The monoisotopic (exact) mass is 436 g/mol. The Bertz CT molecular complexity index is 1010. The number of thiophene rings is 1. The van der Waals surface area contributed by atoms with Crippen LogP contribution >= 0.6 is 11.3 Å². The second-order valence-corrected chi connectivity index (χ2v) is 10.2. The van der Waals surface area contributed by atoms with Crippen LogP contribution in [0.4, 0.5) is 5.69 Å². The summed E-state index contributed by atoms with van der Waals surface area (Å²) < 4.78 is 31.8. The number of sulfonamides is 1. The molecule has 0 saturated carbocycles. The molecule has 1 N–H and O–H groups in total. The molecule has 0 atom stereocenters. The molecule has 0 radical (unpaired) electrons. The molecule has 2 aromatic rings. The van der Waals surface area contributed by atoms with Crippen LogP contribution in [0.1, 0.15) is 34.3 Å². The van der Waals surface area contributed by atoms with E-state index in [-0.39, 0.29) is 11.8 Å². The molecular weight excluding hydrogens is 412 g/mol. The van der Waals surface area contributed by atoms with Gasteiger partial charge < -0.3 is 10.1 Å². The van der Waals surface area contributed by atoms with Crippen molar-refractivity contribution in [2.24, 2.45) is 5.92 Å². The first-order valence-corrected chi connectivity index (χ1v) is 11.6. The Balaban J connectivity index is 1.66. The lowest BCUT2D eigenvalue weighted by Crippen LogP contribution is -2.41. The van der Waals surface area contributed by atoms with Crippen molar-refractivity contribution in [3.8, 4) is 0 Å². The Morgan fingerprint density at radius 2 is 1.90 bits per heavy atom. The number of hydrogen-bond donors (Lipinski definition) is 1. The molecular formula is C20H24N2O5S2. The molecule has 156 valence electrons. The molecule has 0 bridgehead atoms. The van der Waals surface area contributed by atoms with E-state index in [1.165, 1.54) is 22.8 Å². The third-order valence-corrected chi connectivity index (χ3v) is 8.53. The minimum absolute atomic E-state index is 0.169. The van der Waals surface area contributed by atoms with Crippen molar-refractivity contribution in [3.63, 3.8) is 0 Å². The van der Waals surface area contributed by atoms with E-state index in [1.807, 2.05) is 19.9 Å². The average molecular weight is 437 g/mol. The molecule has 9 heteroatoms. The normalized spacial score (nSPS) is 15.8. The number of amides is 1. The minimum atomic E-state index is -3.49. The van der Waals surface area contributed by atoms with E-state index < -0.39 is 16.0 Å². The smallest absolute Gasteiger partial charge is 0.338 e. The van der Waals surface area contributed by atoms with Crippen LogP contribution in [0, 0.1) is 19.8 Å². The van der Waals surface area contributed by atoms with E-state index in [0.717, 1.165) is 11.1 Å². The molecule has 29 heavy (non-hydrogen) atoms. The number of rotatable bonds is 5. The van der Waals surface area contributed by atoms with Gasteiger partial charge in [0.1, 0.15) is 4.21 Å². The van der Waals surface area contributed by atoms with Crippen molar-refractivity contribution in [1.29, 1.82) is 0 Å². The van der Waals surface area contributed by atoms with E-state index in [4.69, 9.17) is 4.74 Å². The van der Waals surface area contributed by atoms with Crippen LogP contribution in [-0.4, -0.2) is 44.8 Å². The zero-order valence-corrected chi connectivity index (χ0v) is 18.2. The number of nitrogens with zero attached hydrogens (tertiary/aromatic N) is 1. The summed E-state index contributed by atoms with van der Waals surface area (Å²) >= 11 is 1.19. The van der Waals surface area contributed by atoms with Gasteiger partial charge in [0.05, 0.1) is 12.7 Å². The van der Waals surface area contributed by atoms with Crippen molar-refractivity contribution < 1.29 is 22.7 Å². The summed E-state index contributed by atoms with van der Waals surface area (Å²) in [6.07, 6.45) is 0.899. The number of ether oxygens (including phenoxy) is 1. The zero-order chi connectivity index (χ0) is 21.2. The molecule has 1 amide bonds. The fourth-order valence-electron chi connectivity index (χ4n) is 3.39. The van der Waals surface area contributed by atoms with Gasteiger partial charge in [0, 0.05) is 24.7 Å². The van der Waals surface area contributed by atoms with Crippen LogP contribution in [0.3, 0.4) is 0 Å². The van der Waals surface area contributed by atoms with Crippen molar-refractivity contribution in [1.82, 2.24) is 4.31 Å². The van der Waals surface area contributed by atoms with Gasteiger partial charge in [0.2, 0.25) is 5.91 Å². The van der Waals surface area contributed by atoms with Gasteiger partial charge in [-0.15, -0.1) is 11.3 Å². The first-order chi connectivity index (χ1) is 13.7. The third kappa shape index (κ3) is 4.52. The van der Waals surface area contributed by atoms with E-state index in [1.54, 1.807) is 23.6 Å². The maximum Gasteiger partial charge on any atom is 0.338 e. The highest BCUT2D eigenvalue weighted by atomic mass is 32.2. The number of carbonyl (C=O) groups excluding carboxylic acids is 2. The fourth-order valence-corrected chi connectivity index (χ4v) is 6.01. The topological polar surface area (TPSA) is 92.8 Å². The lowest BCUT2D eigenvalue weighted by Gasteiger charge is -2.30. The predicted octanol–water partition coefficient (Wildman–Crippen LogP) is 3.19. The molecule has 3 rings (SSSR count). The van der Waals surface area contributed by atoms with Crippen molar-refractivity contribution >= 4 is 38.9 Å². The number of benzene rings is 1. The van der Waals surface area contributed by atoms with Gasteiger partial charge in [0.25, 0.3) is 10.0 Å².